The van der Waals surface area contributed by atoms with Gasteiger partial charge in [0.05, 0.1) is 0 Å². The molecule has 0 aliphatic rings. The van der Waals surface area contributed by atoms with Crippen molar-refractivity contribution in [3.05, 3.63) is 25.3 Å². The molecule has 0 aliphatic heterocycles. The van der Waals surface area contributed by atoms with Crippen LogP contribution in [0.25, 0.3) is 0 Å². The molecule has 0 aromatic carbocycles. The number of primary amides is 1. The van der Waals surface area contributed by atoms with E-state index in [1.165, 1.54) is 6.08 Å². The molecule has 0 radical (unpaired) electrons. The molecular weight excluding hydrogens is 218 g/mol. The quantitative estimate of drug-likeness (QED) is 0.620. The van der Waals surface area contributed by atoms with Gasteiger partial charge in [0.15, 0.2) is 0 Å². The van der Waals surface area contributed by atoms with E-state index in [4.69, 9.17) is 0 Å². The number of carbonyl (C=O) groups excluding carboxylic acids is 2. The number of nitrogens with two attached hydrogens (primary N) is 1. The minimum absolute atomic E-state index is 0.123. The summed E-state index contributed by atoms with van der Waals surface area (Å²) in [6, 6.07) is 0. The van der Waals surface area contributed by atoms with Gasteiger partial charge in [-0.15, -0.1) is 0 Å². The van der Waals surface area contributed by atoms with E-state index in [0.717, 1.165) is 6.08 Å². The first-order valence-corrected chi connectivity index (χ1v) is 5.09. The number of carbonyl (C=O) groups is 2. The van der Waals surface area contributed by atoms with Crippen molar-refractivity contribution in [1.29, 1.82) is 0 Å². The molecule has 17 heavy (non-hydrogen) atoms. The lowest BCUT2D eigenvalue weighted by Gasteiger charge is -2.18. The summed E-state index contributed by atoms with van der Waals surface area (Å²) in [7, 11) is 3.75. The lowest BCUT2D eigenvalue weighted by Crippen LogP contribution is -2.39. The molecule has 0 aromatic rings. The molecule has 0 bridgehead atoms. The molecule has 0 heterocycles. The minimum Gasteiger partial charge on any atom is -0.366 e. The highest BCUT2D eigenvalue weighted by molar-refractivity contribution is 5.87. The largest absolute Gasteiger partial charge is 0.366 e. The smallest absolute Gasteiger partial charge is 0.243 e. The number of hydrogen-bond donors (Lipinski definition) is 3. The zero-order valence-corrected chi connectivity index (χ0v) is 11.5. The fourth-order valence-corrected chi connectivity index (χ4v) is 0.421. The van der Waals surface area contributed by atoms with Gasteiger partial charge in [0.2, 0.25) is 11.8 Å². The van der Waals surface area contributed by atoms with Crippen molar-refractivity contribution in [3.63, 3.8) is 0 Å². The topological polar surface area (TPSA) is 84.2 Å². The van der Waals surface area contributed by atoms with Crippen LogP contribution in [0.15, 0.2) is 25.3 Å². The fourth-order valence-electron chi connectivity index (χ4n) is 0.421. The lowest BCUT2D eigenvalue weighted by atomic mass is 10.1. The predicted molar refractivity (Wildman–Crippen MR) is 72.5 cm³/mol. The van der Waals surface area contributed by atoms with Gasteiger partial charge < -0.3 is 16.4 Å². The molecule has 5 nitrogen and oxygen atoms in total. The average molecular weight is 243 g/mol. The zero-order valence-electron chi connectivity index (χ0n) is 11.5. The maximum atomic E-state index is 10.6. The first-order chi connectivity index (χ1) is 7.64. The highest BCUT2D eigenvalue weighted by Crippen LogP contribution is 1.97. The third kappa shape index (κ3) is 40.5. The molecule has 5 heteroatoms. The Labute approximate surface area is 104 Å². The second-order valence-corrected chi connectivity index (χ2v) is 4.05. The van der Waals surface area contributed by atoms with Crippen molar-refractivity contribution in [1.82, 2.24) is 10.6 Å². The van der Waals surface area contributed by atoms with E-state index in [1.54, 1.807) is 0 Å². The van der Waals surface area contributed by atoms with Crippen LogP contribution in [0.2, 0.25) is 0 Å². The van der Waals surface area contributed by atoms with Gasteiger partial charge in [0.25, 0.3) is 0 Å². The van der Waals surface area contributed by atoms with Crippen LogP contribution in [0.3, 0.4) is 0 Å². The van der Waals surface area contributed by atoms with E-state index in [1.807, 2.05) is 34.9 Å². The second-order valence-electron chi connectivity index (χ2n) is 4.05. The van der Waals surface area contributed by atoms with Crippen LogP contribution in [0.4, 0.5) is 0 Å². The molecule has 2 amide bonds. The van der Waals surface area contributed by atoms with Crippen molar-refractivity contribution < 1.29 is 9.59 Å². The standard InChI is InChI=1S/C7H13NO.C3H5NO.C2H7N/c1-5-6(9)8-7(2,3)4;1-2-3(4)5;1-3-2/h5H,1H2,2-4H3,(H,8,9);2H,1H2,(H2,4,5);3H,1-2H3. The summed E-state index contributed by atoms with van der Waals surface area (Å²) < 4.78 is 0. The highest BCUT2D eigenvalue weighted by atomic mass is 16.1. The predicted octanol–water partition coefficient (Wildman–Crippen LogP) is 0.580. The Morgan fingerprint density at radius 1 is 1.12 bits per heavy atom. The molecular formula is C12H25N3O2. The molecule has 0 unspecified atom stereocenters. The molecule has 0 aliphatic carbocycles. The number of hydrogen-bond acceptors (Lipinski definition) is 3. The van der Waals surface area contributed by atoms with Crippen LogP contribution in [0, 0.1) is 0 Å². The van der Waals surface area contributed by atoms with Crippen LogP contribution in [-0.2, 0) is 9.59 Å². The molecule has 0 rings (SSSR count). The zero-order chi connectivity index (χ0) is 14.5. The number of amides is 2. The molecule has 0 atom stereocenters. The monoisotopic (exact) mass is 243 g/mol. The van der Waals surface area contributed by atoms with E-state index >= 15 is 0 Å². The molecule has 0 saturated heterocycles. The van der Waals surface area contributed by atoms with Crippen LogP contribution >= 0.6 is 0 Å². The van der Waals surface area contributed by atoms with Gasteiger partial charge in [0.1, 0.15) is 0 Å². The molecule has 0 saturated carbocycles. The second kappa shape index (κ2) is 12.4. The summed E-state index contributed by atoms with van der Waals surface area (Å²) in [6.45, 7) is 12.2. The highest BCUT2D eigenvalue weighted by Gasteiger charge is 2.10. The summed E-state index contributed by atoms with van der Waals surface area (Å²) >= 11 is 0. The van der Waals surface area contributed by atoms with E-state index in [9.17, 15) is 9.59 Å². The number of rotatable bonds is 2. The molecule has 0 aromatic heterocycles. The molecule has 4 N–H and O–H groups in total. The van der Waals surface area contributed by atoms with E-state index in [2.05, 4.69) is 29.5 Å². The summed E-state index contributed by atoms with van der Waals surface area (Å²) in [5, 5.41) is 5.46. The van der Waals surface area contributed by atoms with Gasteiger partial charge in [-0.3, -0.25) is 9.59 Å². The Kier molecular flexibility index (Phi) is 15.2. The van der Waals surface area contributed by atoms with Crippen molar-refractivity contribution >= 4 is 11.8 Å². The maximum absolute atomic E-state index is 10.6. The fraction of sp³-hybridized carbons (Fsp3) is 0.500. The first-order valence-electron chi connectivity index (χ1n) is 5.09. The Hall–Kier alpha value is -1.62. The van der Waals surface area contributed by atoms with Crippen LogP contribution in [0.5, 0.6) is 0 Å². The Morgan fingerprint density at radius 3 is 1.47 bits per heavy atom. The molecule has 100 valence electrons. The van der Waals surface area contributed by atoms with E-state index in [-0.39, 0.29) is 11.4 Å². The Bertz CT molecular complexity index is 243. The summed E-state index contributed by atoms with van der Waals surface area (Å²) in [4.78, 5) is 20.1. The summed E-state index contributed by atoms with van der Waals surface area (Å²) in [6.07, 6.45) is 2.32. The summed E-state index contributed by atoms with van der Waals surface area (Å²) in [5.74, 6) is -0.604. The van der Waals surface area contributed by atoms with Crippen LogP contribution in [-0.4, -0.2) is 31.4 Å². The molecule has 0 spiro atoms. The van der Waals surface area contributed by atoms with Crippen LogP contribution < -0.4 is 16.4 Å². The van der Waals surface area contributed by atoms with Crippen molar-refractivity contribution in [2.24, 2.45) is 5.73 Å². The average Bonchev–Trinajstić information content (AvgIpc) is 2.17. The van der Waals surface area contributed by atoms with Gasteiger partial charge in [-0.1, -0.05) is 13.2 Å². The maximum Gasteiger partial charge on any atom is 0.243 e. The third-order valence-electron chi connectivity index (χ3n) is 0.885. The Morgan fingerprint density at radius 2 is 1.41 bits per heavy atom. The first kappa shape index (κ1) is 20.8. The van der Waals surface area contributed by atoms with Crippen LogP contribution in [0.1, 0.15) is 20.8 Å². The summed E-state index contributed by atoms with van der Waals surface area (Å²) in [5.41, 5.74) is 4.39. The third-order valence-corrected chi connectivity index (χ3v) is 0.885. The Balaban J connectivity index is -0.000000207. The van der Waals surface area contributed by atoms with Crippen molar-refractivity contribution in [2.45, 2.75) is 26.3 Å². The van der Waals surface area contributed by atoms with E-state index in [0.29, 0.717) is 0 Å². The SMILES string of the molecule is C=CC(=O)NC(C)(C)C.C=CC(N)=O.CNC. The van der Waals surface area contributed by atoms with Crippen molar-refractivity contribution in [2.75, 3.05) is 14.1 Å². The van der Waals surface area contributed by atoms with Gasteiger partial charge in [0, 0.05) is 5.54 Å². The minimum atomic E-state index is -0.481. The van der Waals surface area contributed by atoms with E-state index < -0.39 is 5.91 Å². The van der Waals surface area contributed by atoms with Crippen molar-refractivity contribution in [3.8, 4) is 0 Å². The normalized spacial score (nSPS) is 8.53. The van der Waals surface area contributed by atoms with Gasteiger partial charge in [-0.2, -0.15) is 0 Å². The number of nitrogens with one attached hydrogen (secondary N) is 2. The lowest BCUT2D eigenvalue weighted by molar-refractivity contribution is -0.117. The molecule has 0 fully saturated rings. The van der Waals surface area contributed by atoms with Gasteiger partial charge >= 0.3 is 0 Å². The van der Waals surface area contributed by atoms with Gasteiger partial charge in [-0.25, -0.2) is 0 Å². The van der Waals surface area contributed by atoms with Gasteiger partial charge in [-0.05, 0) is 47.0 Å².